The normalized spacial score (nSPS) is 14.6. The van der Waals surface area contributed by atoms with Crippen molar-refractivity contribution in [3.05, 3.63) is 78.0 Å². The molecule has 1 amide bonds. The Morgan fingerprint density at radius 1 is 0.923 bits per heavy atom. The molecule has 0 unspecified atom stereocenters. The molecule has 0 saturated heterocycles. The van der Waals surface area contributed by atoms with Crippen molar-refractivity contribution in [2.75, 3.05) is 6.54 Å². The Hall–Kier alpha value is -2.68. The summed E-state index contributed by atoms with van der Waals surface area (Å²) in [5.74, 6) is 0.0681. The van der Waals surface area contributed by atoms with Crippen LogP contribution in [0, 0.1) is 0 Å². The summed E-state index contributed by atoms with van der Waals surface area (Å²) >= 11 is 0. The highest BCUT2D eigenvalue weighted by Crippen LogP contribution is 2.25. The van der Waals surface area contributed by atoms with Crippen LogP contribution in [-0.2, 0) is 6.42 Å². The first-order valence-electron chi connectivity index (χ1n) is 9.52. The molecule has 3 nitrogen and oxygen atoms in total. The van der Waals surface area contributed by atoms with Crippen molar-refractivity contribution in [3.63, 3.8) is 0 Å². The zero-order valence-electron chi connectivity index (χ0n) is 15.0. The Morgan fingerprint density at radius 3 is 2.46 bits per heavy atom. The Labute approximate surface area is 154 Å². The minimum atomic E-state index is 0.0681. The number of nitrogens with zero attached hydrogens (tertiary/aromatic N) is 2. The third-order valence-electron chi connectivity index (χ3n) is 5.33. The fraction of sp³-hybridized carbons (Fsp3) is 0.304. The molecule has 1 aromatic heterocycles. The SMILES string of the molecule is O=C(c1ccc2ccccc2n1)N(CCc1ccccc1)C1CCCC1. The van der Waals surface area contributed by atoms with Gasteiger partial charge in [-0.25, -0.2) is 4.98 Å². The van der Waals surface area contributed by atoms with Crippen molar-refractivity contribution >= 4 is 16.8 Å². The number of para-hydroxylation sites is 1. The maximum atomic E-state index is 13.3. The van der Waals surface area contributed by atoms with E-state index in [0.717, 1.165) is 36.7 Å². The molecule has 132 valence electrons. The average molecular weight is 344 g/mol. The summed E-state index contributed by atoms with van der Waals surface area (Å²) in [6, 6.07) is 22.6. The van der Waals surface area contributed by atoms with E-state index in [1.165, 1.54) is 18.4 Å². The molecule has 26 heavy (non-hydrogen) atoms. The first-order valence-corrected chi connectivity index (χ1v) is 9.52. The molecule has 1 fully saturated rings. The predicted molar refractivity (Wildman–Crippen MR) is 105 cm³/mol. The Morgan fingerprint density at radius 2 is 1.65 bits per heavy atom. The number of carbonyl (C=O) groups is 1. The van der Waals surface area contributed by atoms with E-state index in [-0.39, 0.29) is 5.91 Å². The van der Waals surface area contributed by atoms with Gasteiger partial charge in [0.2, 0.25) is 0 Å². The average Bonchev–Trinajstić information content (AvgIpc) is 3.23. The molecule has 0 bridgehead atoms. The van der Waals surface area contributed by atoms with Crippen LogP contribution in [0.5, 0.6) is 0 Å². The molecular weight excluding hydrogens is 320 g/mol. The van der Waals surface area contributed by atoms with Crippen LogP contribution in [-0.4, -0.2) is 28.4 Å². The highest BCUT2D eigenvalue weighted by molar-refractivity contribution is 5.95. The monoisotopic (exact) mass is 344 g/mol. The molecule has 1 aliphatic carbocycles. The van der Waals surface area contributed by atoms with Crippen molar-refractivity contribution in [2.45, 2.75) is 38.1 Å². The molecule has 0 spiro atoms. The van der Waals surface area contributed by atoms with Crippen LogP contribution >= 0.6 is 0 Å². The molecule has 0 radical (unpaired) electrons. The van der Waals surface area contributed by atoms with Crippen LogP contribution in [0.25, 0.3) is 10.9 Å². The fourth-order valence-electron chi connectivity index (χ4n) is 3.89. The summed E-state index contributed by atoms with van der Waals surface area (Å²) in [6.07, 6.45) is 5.52. The quantitative estimate of drug-likeness (QED) is 0.662. The molecule has 4 rings (SSSR count). The lowest BCUT2D eigenvalue weighted by atomic mass is 10.1. The van der Waals surface area contributed by atoms with Crippen molar-refractivity contribution in [3.8, 4) is 0 Å². The molecule has 1 saturated carbocycles. The topological polar surface area (TPSA) is 33.2 Å². The van der Waals surface area contributed by atoms with E-state index in [4.69, 9.17) is 0 Å². The Kier molecular flexibility index (Phi) is 4.96. The smallest absolute Gasteiger partial charge is 0.272 e. The lowest BCUT2D eigenvalue weighted by Gasteiger charge is -2.29. The van der Waals surface area contributed by atoms with Crippen molar-refractivity contribution in [2.24, 2.45) is 0 Å². The fourth-order valence-corrected chi connectivity index (χ4v) is 3.89. The van der Waals surface area contributed by atoms with E-state index in [1.54, 1.807) is 0 Å². The number of aromatic nitrogens is 1. The molecule has 0 aliphatic heterocycles. The second-order valence-electron chi connectivity index (χ2n) is 7.06. The van der Waals surface area contributed by atoms with Crippen LogP contribution in [0.1, 0.15) is 41.7 Å². The molecule has 0 N–H and O–H groups in total. The summed E-state index contributed by atoms with van der Waals surface area (Å²) in [5, 5.41) is 1.07. The van der Waals surface area contributed by atoms with Crippen molar-refractivity contribution < 1.29 is 4.79 Å². The maximum absolute atomic E-state index is 13.3. The van der Waals surface area contributed by atoms with Gasteiger partial charge < -0.3 is 4.90 Å². The summed E-state index contributed by atoms with van der Waals surface area (Å²) in [6.45, 7) is 0.752. The maximum Gasteiger partial charge on any atom is 0.272 e. The number of hydrogen-bond acceptors (Lipinski definition) is 2. The number of rotatable bonds is 5. The molecule has 1 aliphatic rings. The van der Waals surface area contributed by atoms with Gasteiger partial charge in [-0.3, -0.25) is 4.79 Å². The molecule has 3 heteroatoms. The third kappa shape index (κ3) is 3.62. The van der Waals surface area contributed by atoms with Crippen molar-refractivity contribution in [1.82, 2.24) is 9.88 Å². The van der Waals surface area contributed by atoms with E-state index in [2.05, 4.69) is 34.1 Å². The van der Waals surface area contributed by atoms with E-state index in [0.29, 0.717) is 11.7 Å². The highest BCUT2D eigenvalue weighted by atomic mass is 16.2. The van der Waals surface area contributed by atoms with Gasteiger partial charge in [-0.05, 0) is 37.0 Å². The molecular formula is C23H24N2O. The second kappa shape index (κ2) is 7.69. The van der Waals surface area contributed by atoms with Crippen LogP contribution in [0.15, 0.2) is 66.7 Å². The van der Waals surface area contributed by atoms with Gasteiger partial charge >= 0.3 is 0 Å². The van der Waals surface area contributed by atoms with Gasteiger partial charge in [-0.2, -0.15) is 0 Å². The minimum absolute atomic E-state index is 0.0681. The van der Waals surface area contributed by atoms with E-state index >= 15 is 0 Å². The van der Waals surface area contributed by atoms with E-state index < -0.39 is 0 Å². The van der Waals surface area contributed by atoms with Gasteiger partial charge in [0.1, 0.15) is 5.69 Å². The molecule has 2 aromatic carbocycles. The second-order valence-corrected chi connectivity index (χ2v) is 7.06. The van der Waals surface area contributed by atoms with E-state index in [1.807, 2.05) is 42.5 Å². The van der Waals surface area contributed by atoms with Gasteiger partial charge in [0.15, 0.2) is 0 Å². The highest BCUT2D eigenvalue weighted by Gasteiger charge is 2.28. The summed E-state index contributed by atoms with van der Waals surface area (Å²) in [5.41, 5.74) is 2.71. The van der Waals surface area contributed by atoms with Crippen molar-refractivity contribution in [1.29, 1.82) is 0 Å². The van der Waals surface area contributed by atoms with Gasteiger partial charge in [0.05, 0.1) is 5.52 Å². The lowest BCUT2D eigenvalue weighted by molar-refractivity contribution is 0.0678. The summed E-state index contributed by atoms with van der Waals surface area (Å²) in [4.78, 5) is 20.0. The van der Waals surface area contributed by atoms with Gasteiger partial charge in [0, 0.05) is 18.0 Å². The number of amides is 1. The largest absolute Gasteiger partial charge is 0.334 e. The van der Waals surface area contributed by atoms with Crippen LogP contribution in [0.4, 0.5) is 0 Å². The standard InChI is InChI=1S/C23H24N2O/c26-23(22-15-14-19-10-4-7-13-21(19)24-22)25(20-11-5-6-12-20)17-16-18-8-2-1-3-9-18/h1-4,7-10,13-15,20H,5-6,11-12,16-17H2. The molecule has 0 atom stereocenters. The van der Waals surface area contributed by atoms with E-state index in [9.17, 15) is 4.79 Å². The number of pyridine rings is 1. The number of benzene rings is 2. The van der Waals surface area contributed by atoms with Gasteiger partial charge in [-0.15, -0.1) is 0 Å². The summed E-state index contributed by atoms with van der Waals surface area (Å²) in [7, 11) is 0. The van der Waals surface area contributed by atoms with Crippen LogP contribution in [0.2, 0.25) is 0 Å². The molecule has 3 aromatic rings. The van der Waals surface area contributed by atoms with Crippen LogP contribution < -0.4 is 0 Å². The first-order chi connectivity index (χ1) is 12.8. The van der Waals surface area contributed by atoms with Gasteiger partial charge in [0.25, 0.3) is 5.91 Å². The van der Waals surface area contributed by atoms with Crippen LogP contribution in [0.3, 0.4) is 0 Å². The number of hydrogen-bond donors (Lipinski definition) is 0. The third-order valence-corrected chi connectivity index (χ3v) is 5.33. The number of carbonyl (C=O) groups excluding carboxylic acids is 1. The minimum Gasteiger partial charge on any atom is -0.334 e. The molecule has 1 heterocycles. The zero-order chi connectivity index (χ0) is 17.8. The number of fused-ring (bicyclic) bond motifs is 1. The summed E-state index contributed by atoms with van der Waals surface area (Å²) < 4.78 is 0. The zero-order valence-corrected chi connectivity index (χ0v) is 15.0. The van der Waals surface area contributed by atoms with Gasteiger partial charge in [-0.1, -0.05) is 67.4 Å². The Bertz CT molecular complexity index is 885. The first kappa shape index (κ1) is 16.8. The Balaban J connectivity index is 1.58. The predicted octanol–water partition coefficient (Wildman–Crippen LogP) is 4.86. The lowest BCUT2D eigenvalue weighted by Crippen LogP contribution is -2.40.